The predicted octanol–water partition coefficient (Wildman–Crippen LogP) is 5.41. The third-order valence-corrected chi connectivity index (χ3v) is 3.84. The van der Waals surface area contributed by atoms with Gasteiger partial charge in [0.15, 0.2) is 0 Å². The van der Waals surface area contributed by atoms with Gasteiger partial charge in [-0.25, -0.2) is 0 Å². The fourth-order valence-electron chi connectivity index (χ4n) is 2.70. The zero-order chi connectivity index (χ0) is 13.6. The Morgan fingerprint density at radius 3 is 1.95 bits per heavy atom. The van der Waals surface area contributed by atoms with Crippen LogP contribution in [0, 0.1) is 0 Å². The SMILES string of the molecule is c1ccc(CCCCc2ccc3ccccc3c2)cc1. The van der Waals surface area contributed by atoms with Crippen molar-refractivity contribution in [1.29, 1.82) is 0 Å². The molecular weight excluding hydrogens is 240 g/mol. The number of unbranched alkanes of at least 4 members (excludes halogenated alkanes) is 1. The second-order valence-electron chi connectivity index (χ2n) is 5.37. The van der Waals surface area contributed by atoms with E-state index in [1.807, 2.05) is 0 Å². The number of aryl methyl sites for hydroxylation is 2. The quantitative estimate of drug-likeness (QED) is 0.538. The minimum atomic E-state index is 1.18. The molecule has 3 rings (SSSR count). The maximum atomic E-state index is 2.33. The normalized spacial score (nSPS) is 10.8. The van der Waals surface area contributed by atoms with Crippen LogP contribution in [0.3, 0.4) is 0 Å². The van der Waals surface area contributed by atoms with Gasteiger partial charge in [0, 0.05) is 0 Å². The summed E-state index contributed by atoms with van der Waals surface area (Å²) in [4.78, 5) is 0. The molecule has 0 N–H and O–H groups in total. The number of hydrogen-bond acceptors (Lipinski definition) is 0. The summed E-state index contributed by atoms with van der Waals surface area (Å²) >= 11 is 0. The largest absolute Gasteiger partial charge is 0.0622 e. The summed E-state index contributed by atoms with van der Waals surface area (Å²) in [7, 11) is 0. The van der Waals surface area contributed by atoms with E-state index in [4.69, 9.17) is 0 Å². The Morgan fingerprint density at radius 2 is 1.15 bits per heavy atom. The second-order valence-corrected chi connectivity index (χ2v) is 5.37. The molecule has 0 atom stereocenters. The lowest BCUT2D eigenvalue weighted by atomic mass is 10.0. The molecule has 0 radical (unpaired) electrons. The zero-order valence-corrected chi connectivity index (χ0v) is 11.8. The van der Waals surface area contributed by atoms with E-state index in [9.17, 15) is 0 Å². The molecule has 0 amide bonds. The molecule has 0 nitrogen and oxygen atoms in total. The predicted molar refractivity (Wildman–Crippen MR) is 87.0 cm³/mol. The van der Waals surface area contributed by atoms with E-state index in [1.54, 1.807) is 0 Å². The lowest BCUT2D eigenvalue weighted by Gasteiger charge is -2.04. The van der Waals surface area contributed by atoms with Crippen molar-refractivity contribution in [2.24, 2.45) is 0 Å². The monoisotopic (exact) mass is 260 g/mol. The number of hydrogen-bond donors (Lipinski definition) is 0. The van der Waals surface area contributed by atoms with Crippen molar-refractivity contribution < 1.29 is 0 Å². The van der Waals surface area contributed by atoms with Crippen molar-refractivity contribution in [2.75, 3.05) is 0 Å². The summed E-state index contributed by atoms with van der Waals surface area (Å²) in [5, 5.41) is 2.69. The summed E-state index contributed by atoms with van der Waals surface area (Å²) in [6.07, 6.45) is 4.89. The first kappa shape index (κ1) is 12.9. The minimum absolute atomic E-state index is 1.18. The van der Waals surface area contributed by atoms with Gasteiger partial charge in [-0.3, -0.25) is 0 Å². The Balaban J connectivity index is 1.55. The van der Waals surface area contributed by atoms with Crippen LogP contribution in [0.2, 0.25) is 0 Å². The van der Waals surface area contributed by atoms with Gasteiger partial charge >= 0.3 is 0 Å². The lowest BCUT2D eigenvalue weighted by molar-refractivity contribution is 0.735. The van der Waals surface area contributed by atoms with Crippen LogP contribution in [0.1, 0.15) is 24.0 Å². The Morgan fingerprint density at radius 1 is 0.500 bits per heavy atom. The Kier molecular flexibility index (Phi) is 4.13. The Labute approximate surface area is 121 Å². The van der Waals surface area contributed by atoms with Crippen molar-refractivity contribution in [3.05, 3.63) is 83.9 Å². The first-order valence-electron chi connectivity index (χ1n) is 7.43. The maximum absolute atomic E-state index is 2.33. The molecule has 0 aliphatic carbocycles. The van der Waals surface area contributed by atoms with Crippen LogP contribution in [0.4, 0.5) is 0 Å². The summed E-state index contributed by atoms with van der Waals surface area (Å²) in [6.45, 7) is 0. The number of benzene rings is 3. The standard InChI is InChI=1S/C20H20/c1-2-8-17(9-3-1)10-4-5-11-18-14-15-19-12-6-7-13-20(19)16-18/h1-3,6-9,12-16H,4-5,10-11H2. The molecule has 3 aromatic rings. The van der Waals surface area contributed by atoms with Gasteiger partial charge in [0.05, 0.1) is 0 Å². The molecule has 0 spiro atoms. The molecule has 0 bridgehead atoms. The highest BCUT2D eigenvalue weighted by molar-refractivity contribution is 5.82. The lowest BCUT2D eigenvalue weighted by Crippen LogP contribution is -1.89. The summed E-state index contributed by atoms with van der Waals surface area (Å²) < 4.78 is 0. The van der Waals surface area contributed by atoms with E-state index < -0.39 is 0 Å². The highest BCUT2D eigenvalue weighted by atomic mass is 14.0. The van der Waals surface area contributed by atoms with Gasteiger partial charge < -0.3 is 0 Å². The van der Waals surface area contributed by atoms with Crippen molar-refractivity contribution in [2.45, 2.75) is 25.7 Å². The molecule has 0 saturated heterocycles. The fraction of sp³-hybridized carbons (Fsp3) is 0.200. The van der Waals surface area contributed by atoms with Crippen molar-refractivity contribution in [3.63, 3.8) is 0 Å². The molecule has 0 heterocycles. The van der Waals surface area contributed by atoms with Gasteiger partial charge in [-0.2, -0.15) is 0 Å². The third-order valence-electron chi connectivity index (χ3n) is 3.84. The smallest absolute Gasteiger partial charge is 0.0181 e. The van der Waals surface area contributed by atoms with Gasteiger partial charge in [-0.15, -0.1) is 0 Å². The molecule has 0 saturated carbocycles. The van der Waals surface area contributed by atoms with E-state index >= 15 is 0 Å². The number of fused-ring (bicyclic) bond motifs is 1. The molecule has 0 aromatic heterocycles. The molecule has 0 unspecified atom stereocenters. The van der Waals surface area contributed by atoms with Gasteiger partial charge in [0.25, 0.3) is 0 Å². The van der Waals surface area contributed by atoms with Crippen LogP contribution in [0.15, 0.2) is 72.8 Å². The van der Waals surface area contributed by atoms with Gasteiger partial charge in [-0.05, 0) is 47.6 Å². The van der Waals surface area contributed by atoms with Crippen molar-refractivity contribution >= 4 is 10.8 Å². The van der Waals surface area contributed by atoms with Gasteiger partial charge in [0.2, 0.25) is 0 Å². The molecule has 20 heavy (non-hydrogen) atoms. The van der Waals surface area contributed by atoms with E-state index in [0.717, 1.165) is 0 Å². The second kappa shape index (κ2) is 6.38. The molecular formula is C20H20. The molecule has 100 valence electrons. The van der Waals surface area contributed by atoms with Crippen LogP contribution in [0.5, 0.6) is 0 Å². The molecule has 0 fully saturated rings. The minimum Gasteiger partial charge on any atom is -0.0622 e. The van der Waals surface area contributed by atoms with Gasteiger partial charge in [0.1, 0.15) is 0 Å². The fourth-order valence-corrected chi connectivity index (χ4v) is 2.70. The number of rotatable bonds is 5. The van der Waals surface area contributed by atoms with Crippen LogP contribution >= 0.6 is 0 Å². The highest BCUT2D eigenvalue weighted by Gasteiger charge is 1.97. The summed E-state index contributed by atoms with van der Waals surface area (Å²) in [5.74, 6) is 0. The maximum Gasteiger partial charge on any atom is -0.0181 e. The van der Waals surface area contributed by atoms with E-state index in [1.165, 1.54) is 47.6 Å². The van der Waals surface area contributed by atoms with Crippen molar-refractivity contribution in [3.8, 4) is 0 Å². The zero-order valence-electron chi connectivity index (χ0n) is 11.8. The van der Waals surface area contributed by atoms with E-state index in [0.29, 0.717) is 0 Å². The molecule has 0 aliphatic heterocycles. The van der Waals surface area contributed by atoms with Crippen LogP contribution in [-0.4, -0.2) is 0 Å². The first-order valence-corrected chi connectivity index (χ1v) is 7.43. The van der Waals surface area contributed by atoms with Crippen LogP contribution in [-0.2, 0) is 12.8 Å². The van der Waals surface area contributed by atoms with E-state index in [2.05, 4.69) is 72.8 Å². The summed E-state index contributed by atoms with van der Waals surface area (Å²) in [5.41, 5.74) is 2.91. The Bertz CT molecular complexity index is 668. The summed E-state index contributed by atoms with van der Waals surface area (Å²) in [6, 6.07) is 26.2. The topological polar surface area (TPSA) is 0 Å². The van der Waals surface area contributed by atoms with Gasteiger partial charge in [-0.1, -0.05) is 72.8 Å². The highest BCUT2D eigenvalue weighted by Crippen LogP contribution is 2.17. The average molecular weight is 260 g/mol. The molecule has 3 aromatic carbocycles. The van der Waals surface area contributed by atoms with Crippen LogP contribution in [0.25, 0.3) is 10.8 Å². The molecule has 0 aliphatic rings. The third kappa shape index (κ3) is 3.27. The first-order chi connectivity index (χ1) is 9.92. The van der Waals surface area contributed by atoms with Crippen molar-refractivity contribution in [1.82, 2.24) is 0 Å². The molecule has 0 heteroatoms. The van der Waals surface area contributed by atoms with E-state index in [-0.39, 0.29) is 0 Å². The van der Waals surface area contributed by atoms with Crippen LogP contribution < -0.4 is 0 Å². The average Bonchev–Trinajstić information content (AvgIpc) is 2.52. The Hall–Kier alpha value is -2.08.